The van der Waals surface area contributed by atoms with E-state index in [0.717, 1.165) is 46.3 Å². The van der Waals surface area contributed by atoms with E-state index in [9.17, 15) is 9.59 Å². The van der Waals surface area contributed by atoms with Crippen molar-refractivity contribution >= 4 is 62.3 Å². The molecule has 0 aliphatic heterocycles. The topological polar surface area (TPSA) is 81.3 Å². The van der Waals surface area contributed by atoms with Crippen molar-refractivity contribution in [2.75, 3.05) is 11.1 Å². The Morgan fingerprint density at radius 1 is 1.22 bits per heavy atom. The van der Waals surface area contributed by atoms with Crippen molar-refractivity contribution in [2.45, 2.75) is 38.3 Å². The molecule has 10 heteroatoms. The highest BCUT2D eigenvalue weighted by Gasteiger charge is 2.27. The molecule has 1 N–H and O–H groups in total. The number of anilines is 1. The number of aromatic nitrogens is 4. The van der Waals surface area contributed by atoms with Crippen molar-refractivity contribution in [3.05, 3.63) is 79.9 Å². The van der Waals surface area contributed by atoms with E-state index in [2.05, 4.69) is 22.4 Å². The molecule has 3 heterocycles. The first-order valence-corrected chi connectivity index (χ1v) is 14.3. The Hall–Kier alpha value is -3.14. The molecule has 1 atom stereocenters. The van der Waals surface area contributed by atoms with Crippen molar-refractivity contribution in [1.82, 2.24) is 19.2 Å². The van der Waals surface area contributed by atoms with Crippen LogP contribution in [0.15, 0.2) is 58.5 Å². The third-order valence-corrected chi connectivity index (χ3v) is 9.10. The minimum atomic E-state index is -0.131. The van der Waals surface area contributed by atoms with Gasteiger partial charge in [0.1, 0.15) is 4.83 Å². The normalized spacial score (nSPS) is 15.3. The second kappa shape index (κ2) is 9.63. The van der Waals surface area contributed by atoms with Crippen LogP contribution < -0.4 is 10.9 Å². The number of amides is 1. The van der Waals surface area contributed by atoms with E-state index in [1.807, 2.05) is 47.7 Å². The summed E-state index contributed by atoms with van der Waals surface area (Å²) in [6.07, 6.45) is 2.94. The third-order valence-electron chi connectivity index (χ3n) is 6.64. The highest BCUT2D eigenvalue weighted by atomic mass is 35.5. The van der Waals surface area contributed by atoms with Gasteiger partial charge in [-0.2, -0.15) is 0 Å². The zero-order valence-corrected chi connectivity index (χ0v) is 22.7. The number of carbonyl (C=O) groups excluding carboxylic acids is 1. The second-order valence-electron chi connectivity index (χ2n) is 9.47. The molecule has 1 aliphatic carbocycles. The SMILES string of the molecule is Cc1cccc(NC(=O)CSc2nnc3n(-c4ccc(Cl)cc4)c(=O)c4c5c(sc4n23)CC[C@H](C)C5)c1. The summed E-state index contributed by atoms with van der Waals surface area (Å²) in [6, 6.07) is 14.8. The maximum atomic E-state index is 14.0. The highest BCUT2D eigenvalue weighted by Crippen LogP contribution is 2.38. The monoisotopic (exact) mass is 549 g/mol. The zero-order valence-electron chi connectivity index (χ0n) is 20.3. The average molecular weight is 550 g/mol. The predicted octanol–water partition coefficient (Wildman–Crippen LogP) is 5.91. The number of halogens is 1. The minimum Gasteiger partial charge on any atom is -0.325 e. The van der Waals surface area contributed by atoms with Crippen LogP contribution in [-0.2, 0) is 17.6 Å². The fraction of sp³-hybridized carbons (Fsp3) is 0.259. The Bertz CT molecular complexity index is 1720. The quantitative estimate of drug-likeness (QED) is 0.275. The van der Waals surface area contributed by atoms with Gasteiger partial charge in [-0.25, -0.2) is 8.97 Å². The van der Waals surface area contributed by atoms with Crippen LogP contribution in [0.2, 0.25) is 5.02 Å². The molecular formula is C27H24ClN5O2S2. The molecule has 0 fully saturated rings. The summed E-state index contributed by atoms with van der Waals surface area (Å²) in [5, 5.41) is 13.7. The van der Waals surface area contributed by atoms with Gasteiger partial charge in [-0.15, -0.1) is 21.5 Å². The molecule has 1 amide bonds. The number of hydrogen-bond donors (Lipinski definition) is 1. The summed E-state index contributed by atoms with van der Waals surface area (Å²) in [6.45, 7) is 4.22. The van der Waals surface area contributed by atoms with E-state index in [4.69, 9.17) is 11.6 Å². The molecule has 0 saturated carbocycles. The van der Waals surface area contributed by atoms with Crippen LogP contribution in [0.1, 0.15) is 29.3 Å². The first-order valence-electron chi connectivity index (χ1n) is 12.1. The molecule has 0 spiro atoms. The number of benzene rings is 2. The third kappa shape index (κ3) is 4.45. The first kappa shape index (κ1) is 24.2. The van der Waals surface area contributed by atoms with Gasteiger partial charge in [-0.05, 0) is 79.6 Å². The van der Waals surface area contributed by atoms with E-state index >= 15 is 0 Å². The number of carbonyl (C=O) groups is 1. The van der Waals surface area contributed by atoms with Crippen LogP contribution in [-0.4, -0.2) is 30.8 Å². The fourth-order valence-electron chi connectivity index (χ4n) is 4.88. The maximum Gasteiger partial charge on any atom is 0.268 e. The standard InChI is InChI=1S/C27H24ClN5O2S2/c1-15-4-3-5-18(12-15)29-22(34)14-36-27-31-30-26-32(19-9-7-17(28)8-10-19)24(35)23-20-13-16(2)6-11-21(20)37-25(23)33(26)27/h3-5,7-10,12,16H,6,11,13-14H2,1-2H3,(H,29,34)/t16-/m0/s1. The minimum absolute atomic E-state index is 0.0995. The Balaban J connectivity index is 1.46. The molecule has 7 nitrogen and oxygen atoms in total. The van der Waals surface area contributed by atoms with Gasteiger partial charge in [0, 0.05) is 15.6 Å². The fourth-order valence-corrected chi connectivity index (χ4v) is 7.13. The maximum absolute atomic E-state index is 14.0. The lowest BCUT2D eigenvalue weighted by Gasteiger charge is -2.18. The second-order valence-corrected chi connectivity index (χ2v) is 11.9. The molecule has 3 aromatic heterocycles. The van der Waals surface area contributed by atoms with Gasteiger partial charge in [0.25, 0.3) is 5.56 Å². The smallest absolute Gasteiger partial charge is 0.268 e. The van der Waals surface area contributed by atoms with Crippen molar-refractivity contribution < 1.29 is 4.79 Å². The summed E-state index contributed by atoms with van der Waals surface area (Å²) in [5.41, 5.74) is 3.54. The van der Waals surface area contributed by atoms with Crippen LogP contribution in [0.3, 0.4) is 0 Å². The summed E-state index contributed by atoms with van der Waals surface area (Å²) < 4.78 is 3.54. The molecule has 0 radical (unpaired) electrons. The number of rotatable bonds is 5. The Labute approximate surface area is 226 Å². The number of nitrogens with one attached hydrogen (secondary N) is 1. The molecule has 1 aliphatic rings. The number of nitrogens with zero attached hydrogens (tertiary/aromatic N) is 4. The van der Waals surface area contributed by atoms with Gasteiger partial charge in [-0.3, -0.25) is 9.59 Å². The van der Waals surface area contributed by atoms with Crippen LogP contribution in [0.25, 0.3) is 21.7 Å². The average Bonchev–Trinajstić information content (AvgIpc) is 3.45. The van der Waals surface area contributed by atoms with E-state index in [1.54, 1.807) is 28.0 Å². The largest absolute Gasteiger partial charge is 0.325 e. The Morgan fingerprint density at radius 3 is 2.81 bits per heavy atom. The van der Waals surface area contributed by atoms with Gasteiger partial charge in [0.2, 0.25) is 11.7 Å². The molecule has 0 unspecified atom stereocenters. The zero-order chi connectivity index (χ0) is 25.7. The van der Waals surface area contributed by atoms with Gasteiger partial charge in [0.05, 0.1) is 16.8 Å². The van der Waals surface area contributed by atoms with Crippen LogP contribution >= 0.6 is 34.7 Å². The summed E-state index contributed by atoms with van der Waals surface area (Å²) in [4.78, 5) is 28.8. The summed E-state index contributed by atoms with van der Waals surface area (Å²) >= 11 is 9.08. The first-order chi connectivity index (χ1) is 17.9. The van der Waals surface area contributed by atoms with Crippen LogP contribution in [0.4, 0.5) is 5.69 Å². The Kier molecular flexibility index (Phi) is 6.30. The molecule has 188 valence electrons. The Morgan fingerprint density at radius 2 is 2.03 bits per heavy atom. The molecule has 0 saturated heterocycles. The van der Waals surface area contributed by atoms with E-state index in [1.165, 1.54) is 16.6 Å². The van der Waals surface area contributed by atoms with Crippen LogP contribution in [0, 0.1) is 12.8 Å². The lowest BCUT2D eigenvalue weighted by atomic mass is 9.89. The molecule has 5 aromatic rings. The van der Waals surface area contributed by atoms with E-state index in [0.29, 0.717) is 27.6 Å². The highest BCUT2D eigenvalue weighted by molar-refractivity contribution is 7.99. The van der Waals surface area contributed by atoms with Crippen molar-refractivity contribution in [2.24, 2.45) is 5.92 Å². The van der Waals surface area contributed by atoms with Gasteiger partial charge in [0.15, 0.2) is 5.16 Å². The molecule has 0 bridgehead atoms. The number of thiophene rings is 1. The number of aryl methyl sites for hydroxylation is 2. The van der Waals surface area contributed by atoms with Crippen molar-refractivity contribution in [1.29, 1.82) is 0 Å². The van der Waals surface area contributed by atoms with Crippen molar-refractivity contribution in [3.8, 4) is 5.69 Å². The molecule has 2 aromatic carbocycles. The summed E-state index contributed by atoms with van der Waals surface area (Å²) in [7, 11) is 0. The summed E-state index contributed by atoms with van der Waals surface area (Å²) in [5.74, 6) is 0.977. The van der Waals surface area contributed by atoms with Gasteiger partial charge >= 0.3 is 0 Å². The molecule has 37 heavy (non-hydrogen) atoms. The van der Waals surface area contributed by atoms with Gasteiger partial charge < -0.3 is 5.32 Å². The lowest BCUT2D eigenvalue weighted by molar-refractivity contribution is -0.113. The van der Waals surface area contributed by atoms with E-state index < -0.39 is 0 Å². The van der Waals surface area contributed by atoms with Crippen molar-refractivity contribution in [3.63, 3.8) is 0 Å². The molecule has 6 rings (SSSR count). The van der Waals surface area contributed by atoms with E-state index in [-0.39, 0.29) is 17.2 Å². The number of hydrogen-bond acceptors (Lipinski definition) is 6. The predicted molar refractivity (Wildman–Crippen MR) is 151 cm³/mol. The number of thioether (sulfide) groups is 1. The van der Waals surface area contributed by atoms with Crippen LogP contribution in [0.5, 0.6) is 0 Å². The van der Waals surface area contributed by atoms with Gasteiger partial charge in [-0.1, -0.05) is 42.4 Å². The molecular weight excluding hydrogens is 526 g/mol. The number of fused-ring (bicyclic) bond motifs is 5. The lowest BCUT2D eigenvalue weighted by Crippen LogP contribution is -2.23.